The lowest BCUT2D eigenvalue weighted by atomic mass is 10.1. The minimum absolute atomic E-state index is 0.0453. The largest absolute Gasteiger partial charge is 0.480 e. The Labute approximate surface area is 208 Å². The van der Waals surface area contributed by atoms with Crippen molar-refractivity contribution in [1.29, 1.82) is 0 Å². The zero-order chi connectivity index (χ0) is 26.5. The predicted octanol–water partition coefficient (Wildman–Crippen LogP) is 3.63. The number of para-hydroxylation sites is 1. The van der Waals surface area contributed by atoms with Gasteiger partial charge in [0.1, 0.15) is 11.3 Å². The van der Waals surface area contributed by atoms with Crippen LogP contribution in [0.4, 0.5) is 19.0 Å². The zero-order valence-corrected chi connectivity index (χ0v) is 19.6. The van der Waals surface area contributed by atoms with Gasteiger partial charge in [0.25, 0.3) is 12.3 Å². The number of imidazole rings is 1. The molecule has 192 valence electrons. The van der Waals surface area contributed by atoms with Crippen LogP contribution < -0.4 is 20.1 Å². The number of aromatic nitrogens is 4. The molecule has 4 rings (SSSR count). The molecule has 0 aliphatic carbocycles. The molecule has 0 aliphatic heterocycles. The molecule has 2 amide bonds. The van der Waals surface area contributed by atoms with Crippen LogP contribution in [0.25, 0.3) is 16.9 Å². The number of amides is 2. The number of carbonyl (C=O) groups is 2. The number of fused-ring (bicyclic) bond motifs is 1. The molecule has 0 spiro atoms. The number of carbonyl (C=O) groups excluding carboxylic acids is 2. The van der Waals surface area contributed by atoms with Gasteiger partial charge in [0, 0.05) is 30.8 Å². The van der Waals surface area contributed by atoms with Crippen LogP contribution in [-0.2, 0) is 11.3 Å². The van der Waals surface area contributed by atoms with E-state index < -0.39 is 18.7 Å². The molecule has 1 aromatic carbocycles. The van der Waals surface area contributed by atoms with Gasteiger partial charge >= 0.3 is 6.43 Å². The van der Waals surface area contributed by atoms with Gasteiger partial charge in [-0.15, -0.1) is 0 Å². The maximum Gasteiger partial charge on any atom is 0.304 e. The average Bonchev–Trinajstić information content (AvgIpc) is 3.28. The fraction of sp³-hybridized carbons (Fsp3) is 0.208. The number of nitrogens with zero attached hydrogens (tertiary/aromatic N) is 4. The number of pyridine rings is 1. The highest BCUT2D eigenvalue weighted by molar-refractivity contribution is 5.97. The van der Waals surface area contributed by atoms with E-state index in [1.54, 1.807) is 24.4 Å². The zero-order valence-electron chi connectivity index (χ0n) is 19.6. The van der Waals surface area contributed by atoms with Crippen LogP contribution in [0, 0.1) is 0 Å². The number of hydrogen-bond donors (Lipinski definition) is 2. The van der Waals surface area contributed by atoms with Crippen LogP contribution >= 0.6 is 0 Å². The second-order valence-corrected chi connectivity index (χ2v) is 7.70. The Balaban J connectivity index is 1.56. The van der Waals surface area contributed by atoms with Crippen molar-refractivity contribution < 1.29 is 32.2 Å². The summed E-state index contributed by atoms with van der Waals surface area (Å²) in [6, 6.07) is 10.8. The van der Waals surface area contributed by atoms with Crippen LogP contribution in [0.2, 0.25) is 0 Å². The number of hydrogen-bond acceptors (Lipinski definition) is 7. The molecule has 0 radical (unpaired) electrons. The normalized spacial score (nSPS) is 11.8. The first-order valence-electron chi connectivity index (χ1n) is 10.9. The van der Waals surface area contributed by atoms with E-state index in [0.29, 0.717) is 28.3 Å². The fourth-order valence-electron chi connectivity index (χ4n) is 3.40. The number of benzene rings is 1. The molecule has 2 N–H and O–H groups in total. The monoisotopic (exact) mass is 514 g/mol. The number of rotatable bonds is 9. The van der Waals surface area contributed by atoms with Gasteiger partial charge in [-0.05, 0) is 24.3 Å². The molecule has 0 fully saturated rings. The number of ether oxygens (including phenoxy) is 2. The molecule has 37 heavy (non-hydrogen) atoms. The molecule has 0 saturated heterocycles. The van der Waals surface area contributed by atoms with Gasteiger partial charge < -0.3 is 20.1 Å². The highest BCUT2D eigenvalue weighted by Crippen LogP contribution is 2.25. The van der Waals surface area contributed by atoms with Crippen molar-refractivity contribution >= 4 is 23.3 Å². The van der Waals surface area contributed by atoms with Gasteiger partial charge in [-0.25, -0.2) is 23.3 Å². The summed E-state index contributed by atoms with van der Waals surface area (Å²) in [5.74, 6) is -0.591. The Bertz CT molecular complexity index is 1450. The molecule has 10 nitrogen and oxygen atoms in total. The molecule has 1 atom stereocenters. The predicted molar refractivity (Wildman–Crippen MR) is 126 cm³/mol. The van der Waals surface area contributed by atoms with Crippen molar-refractivity contribution in [2.75, 3.05) is 12.4 Å². The van der Waals surface area contributed by atoms with Gasteiger partial charge in [-0.3, -0.25) is 9.59 Å². The molecule has 0 bridgehead atoms. The maximum absolute atomic E-state index is 13.4. The minimum atomic E-state index is -3.31. The topological polar surface area (TPSA) is 120 Å². The lowest BCUT2D eigenvalue weighted by molar-refractivity contribution is -0.114. The van der Waals surface area contributed by atoms with Crippen molar-refractivity contribution in [2.45, 2.75) is 26.3 Å². The lowest BCUT2D eigenvalue weighted by Gasteiger charge is -2.15. The molecule has 3 heterocycles. The molecular weight excluding hydrogens is 493 g/mol. The quantitative estimate of drug-likeness (QED) is 0.350. The van der Waals surface area contributed by atoms with E-state index in [0.717, 1.165) is 0 Å². The van der Waals surface area contributed by atoms with Crippen LogP contribution in [0.1, 0.15) is 22.8 Å². The number of anilines is 1. The van der Waals surface area contributed by atoms with Crippen LogP contribution in [-0.4, -0.2) is 51.3 Å². The highest BCUT2D eigenvalue weighted by atomic mass is 19.3. The van der Waals surface area contributed by atoms with Gasteiger partial charge in [0.2, 0.25) is 11.8 Å². The van der Waals surface area contributed by atoms with Crippen molar-refractivity contribution in [1.82, 2.24) is 24.9 Å². The van der Waals surface area contributed by atoms with E-state index in [9.17, 15) is 22.8 Å². The SMILES string of the molecule is COc1ncc(-c2ccc3nc(NC(C)=O)cn3n2)cc1C(=O)NCc1ccccc1OC(F)C(F)F. The second-order valence-electron chi connectivity index (χ2n) is 7.70. The highest BCUT2D eigenvalue weighted by Gasteiger charge is 2.22. The summed E-state index contributed by atoms with van der Waals surface area (Å²) in [6.07, 6.45) is -3.09. The Morgan fingerprint density at radius 3 is 2.65 bits per heavy atom. The second kappa shape index (κ2) is 10.9. The molecule has 3 aromatic heterocycles. The smallest absolute Gasteiger partial charge is 0.304 e. The van der Waals surface area contributed by atoms with Crippen molar-refractivity contribution in [3.05, 3.63) is 66.0 Å². The van der Waals surface area contributed by atoms with Gasteiger partial charge in [-0.2, -0.15) is 9.49 Å². The number of methoxy groups -OCH3 is 1. The molecular formula is C24H21F3N6O4. The summed E-state index contributed by atoms with van der Waals surface area (Å²) in [6.45, 7) is 1.23. The van der Waals surface area contributed by atoms with Crippen molar-refractivity contribution in [2.24, 2.45) is 0 Å². The molecule has 0 saturated carbocycles. The Kier molecular flexibility index (Phi) is 7.51. The van der Waals surface area contributed by atoms with E-state index in [1.165, 1.54) is 49.0 Å². The van der Waals surface area contributed by atoms with Crippen molar-refractivity contribution in [3.63, 3.8) is 0 Å². The van der Waals surface area contributed by atoms with E-state index in [4.69, 9.17) is 4.74 Å². The number of halogens is 3. The summed E-state index contributed by atoms with van der Waals surface area (Å²) in [4.78, 5) is 32.7. The summed E-state index contributed by atoms with van der Waals surface area (Å²) in [7, 11) is 1.35. The van der Waals surface area contributed by atoms with E-state index in [2.05, 4.69) is 30.4 Å². The molecule has 1 unspecified atom stereocenters. The first-order valence-corrected chi connectivity index (χ1v) is 10.9. The lowest BCUT2D eigenvalue weighted by Crippen LogP contribution is -2.25. The number of alkyl halides is 3. The van der Waals surface area contributed by atoms with Crippen LogP contribution in [0.3, 0.4) is 0 Å². The minimum Gasteiger partial charge on any atom is -0.480 e. The van der Waals surface area contributed by atoms with Gasteiger partial charge in [0.05, 0.1) is 19.0 Å². The summed E-state index contributed by atoms with van der Waals surface area (Å²) in [5.41, 5.74) is 1.83. The van der Waals surface area contributed by atoms with Gasteiger partial charge in [-0.1, -0.05) is 18.2 Å². The third-order valence-electron chi connectivity index (χ3n) is 5.06. The first-order chi connectivity index (χ1) is 17.7. The Morgan fingerprint density at radius 2 is 1.92 bits per heavy atom. The van der Waals surface area contributed by atoms with Crippen molar-refractivity contribution in [3.8, 4) is 22.9 Å². The first kappa shape index (κ1) is 25.4. The van der Waals surface area contributed by atoms with Crippen LogP contribution in [0.5, 0.6) is 11.6 Å². The Morgan fingerprint density at radius 1 is 1.14 bits per heavy atom. The van der Waals surface area contributed by atoms with E-state index >= 15 is 0 Å². The van der Waals surface area contributed by atoms with E-state index in [1.807, 2.05) is 0 Å². The van der Waals surface area contributed by atoms with Gasteiger partial charge in [0.15, 0.2) is 11.5 Å². The summed E-state index contributed by atoms with van der Waals surface area (Å²) >= 11 is 0. The molecule has 4 aromatic rings. The Hall–Kier alpha value is -4.68. The molecule has 13 heteroatoms. The van der Waals surface area contributed by atoms with E-state index in [-0.39, 0.29) is 29.6 Å². The summed E-state index contributed by atoms with van der Waals surface area (Å²) in [5, 5.41) is 9.67. The standard InChI is InChI=1S/C24H21F3N6O4/c1-13(34)30-19-12-33-20(31-19)8-7-17(32-33)15-9-16(24(36-2)29-11-15)23(35)28-10-14-5-3-4-6-18(14)37-22(27)21(25)26/h3-9,11-12,21-22H,10H2,1-2H3,(H,28,35)(H,30,34). The number of nitrogens with one attached hydrogen (secondary N) is 2. The maximum atomic E-state index is 13.4. The molecule has 0 aliphatic rings. The summed E-state index contributed by atoms with van der Waals surface area (Å²) < 4.78 is 49.9. The third-order valence-corrected chi connectivity index (χ3v) is 5.06. The third kappa shape index (κ3) is 5.94. The van der Waals surface area contributed by atoms with Crippen LogP contribution in [0.15, 0.2) is 54.9 Å². The average molecular weight is 514 g/mol. The fourth-order valence-corrected chi connectivity index (χ4v) is 3.40.